The van der Waals surface area contributed by atoms with Gasteiger partial charge >= 0.3 is 0 Å². The normalized spacial score (nSPS) is 19.3. The second kappa shape index (κ2) is 3.56. The standard InChI is InChI=1S/C11H13ClIN/c1-11(2)6-14(7-11)10-4-3-8(12)5-9(10)13/h3-5H,6-7H2,1-2H3. The smallest absolute Gasteiger partial charge is 0.0503 e. The molecule has 1 heterocycles. The van der Waals surface area contributed by atoms with E-state index in [1.54, 1.807) is 0 Å². The van der Waals surface area contributed by atoms with Crippen molar-refractivity contribution in [3.8, 4) is 0 Å². The van der Waals surface area contributed by atoms with Crippen LogP contribution >= 0.6 is 34.2 Å². The molecule has 1 aliphatic rings. The topological polar surface area (TPSA) is 3.24 Å². The van der Waals surface area contributed by atoms with Crippen LogP contribution in [0.25, 0.3) is 0 Å². The van der Waals surface area contributed by atoms with Gasteiger partial charge in [-0.05, 0) is 46.2 Å². The molecule has 0 amide bonds. The van der Waals surface area contributed by atoms with E-state index in [1.165, 1.54) is 9.26 Å². The van der Waals surface area contributed by atoms with Crippen LogP contribution in [-0.4, -0.2) is 13.1 Å². The maximum Gasteiger partial charge on any atom is 0.0503 e. The van der Waals surface area contributed by atoms with Gasteiger partial charge in [0.1, 0.15) is 0 Å². The molecule has 1 nitrogen and oxygen atoms in total. The zero-order chi connectivity index (χ0) is 10.3. The Hall–Kier alpha value is 0.0400. The number of nitrogens with zero attached hydrogens (tertiary/aromatic N) is 1. The molecule has 2 rings (SSSR count). The van der Waals surface area contributed by atoms with Crippen molar-refractivity contribution in [3.63, 3.8) is 0 Å². The molecule has 1 saturated heterocycles. The highest BCUT2D eigenvalue weighted by molar-refractivity contribution is 14.1. The minimum Gasteiger partial charge on any atom is -0.369 e. The molecule has 0 radical (unpaired) electrons. The molecule has 1 aliphatic heterocycles. The summed E-state index contributed by atoms with van der Waals surface area (Å²) in [5.41, 5.74) is 1.79. The number of hydrogen-bond acceptors (Lipinski definition) is 1. The molecule has 0 bridgehead atoms. The van der Waals surface area contributed by atoms with Crippen LogP contribution in [0.1, 0.15) is 13.8 Å². The Morgan fingerprint density at radius 3 is 2.50 bits per heavy atom. The van der Waals surface area contributed by atoms with Crippen molar-refractivity contribution in [2.45, 2.75) is 13.8 Å². The van der Waals surface area contributed by atoms with Crippen LogP contribution in [0.3, 0.4) is 0 Å². The predicted octanol–water partition coefficient (Wildman–Crippen LogP) is 3.79. The summed E-state index contributed by atoms with van der Waals surface area (Å²) in [5.74, 6) is 0. The summed E-state index contributed by atoms with van der Waals surface area (Å²) in [6.07, 6.45) is 0. The Morgan fingerprint density at radius 2 is 2.00 bits per heavy atom. The summed E-state index contributed by atoms with van der Waals surface area (Å²) >= 11 is 8.26. The molecule has 1 aromatic rings. The van der Waals surface area contributed by atoms with E-state index in [0.717, 1.165) is 18.1 Å². The molecule has 0 unspecified atom stereocenters. The fraction of sp³-hybridized carbons (Fsp3) is 0.455. The third kappa shape index (κ3) is 2.01. The van der Waals surface area contributed by atoms with E-state index in [1.807, 2.05) is 12.1 Å². The van der Waals surface area contributed by atoms with Crippen molar-refractivity contribution in [2.75, 3.05) is 18.0 Å². The van der Waals surface area contributed by atoms with Gasteiger partial charge in [0.2, 0.25) is 0 Å². The first-order valence-electron chi connectivity index (χ1n) is 4.68. The van der Waals surface area contributed by atoms with E-state index in [4.69, 9.17) is 11.6 Å². The molecule has 1 fully saturated rings. The van der Waals surface area contributed by atoms with E-state index < -0.39 is 0 Å². The molecule has 14 heavy (non-hydrogen) atoms. The molecule has 0 atom stereocenters. The summed E-state index contributed by atoms with van der Waals surface area (Å²) in [6, 6.07) is 6.09. The van der Waals surface area contributed by atoms with Crippen LogP contribution in [0.5, 0.6) is 0 Å². The Balaban J connectivity index is 2.19. The van der Waals surface area contributed by atoms with Gasteiger partial charge in [-0.1, -0.05) is 25.4 Å². The zero-order valence-corrected chi connectivity index (χ0v) is 11.3. The molecule has 3 heteroatoms. The molecule has 0 saturated carbocycles. The Kier molecular flexibility index (Phi) is 2.68. The summed E-state index contributed by atoms with van der Waals surface area (Å²) in [7, 11) is 0. The average molecular weight is 322 g/mol. The van der Waals surface area contributed by atoms with Crippen LogP contribution in [0.4, 0.5) is 5.69 Å². The largest absolute Gasteiger partial charge is 0.369 e. The highest BCUT2D eigenvalue weighted by Crippen LogP contribution is 2.36. The molecule has 0 spiro atoms. The van der Waals surface area contributed by atoms with Crippen LogP contribution in [0.15, 0.2) is 18.2 Å². The van der Waals surface area contributed by atoms with Gasteiger partial charge in [0.15, 0.2) is 0 Å². The lowest BCUT2D eigenvalue weighted by molar-refractivity contribution is 0.276. The van der Waals surface area contributed by atoms with Crippen LogP contribution < -0.4 is 4.90 Å². The van der Waals surface area contributed by atoms with E-state index in [0.29, 0.717) is 5.41 Å². The van der Waals surface area contributed by atoms with E-state index >= 15 is 0 Å². The van der Waals surface area contributed by atoms with Crippen LogP contribution in [0, 0.1) is 8.99 Å². The molecular weight excluding hydrogens is 308 g/mol. The Morgan fingerprint density at radius 1 is 1.36 bits per heavy atom. The molecular formula is C11H13ClIN. The predicted molar refractivity (Wildman–Crippen MR) is 70.2 cm³/mol. The van der Waals surface area contributed by atoms with Crippen molar-refractivity contribution in [2.24, 2.45) is 5.41 Å². The highest BCUT2D eigenvalue weighted by atomic mass is 127. The number of anilines is 1. The Labute approximate surface area is 104 Å². The number of halogens is 2. The number of hydrogen-bond donors (Lipinski definition) is 0. The van der Waals surface area contributed by atoms with E-state index in [2.05, 4.69) is 47.4 Å². The van der Waals surface area contributed by atoms with Gasteiger partial charge < -0.3 is 4.90 Å². The molecule has 0 N–H and O–H groups in total. The van der Waals surface area contributed by atoms with Crippen LogP contribution in [0.2, 0.25) is 5.02 Å². The maximum atomic E-state index is 5.92. The number of benzene rings is 1. The van der Waals surface area contributed by atoms with Gasteiger partial charge in [-0.15, -0.1) is 0 Å². The van der Waals surface area contributed by atoms with Gasteiger partial charge in [-0.3, -0.25) is 0 Å². The zero-order valence-electron chi connectivity index (χ0n) is 8.35. The molecule has 1 aromatic carbocycles. The second-order valence-corrected chi connectivity index (χ2v) is 6.21. The van der Waals surface area contributed by atoms with Gasteiger partial charge in [-0.25, -0.2) is 0 Å². The third-order valence-electron chi connectivity index (χ3n) is 2.49. The molecule has 76 valence electrons. The van der Waals surface area contributed by atoms with Crippen molar-refractivity contribution < 1.29 is 0 Å². The summed E-state index contributed by atoms with van der Waals surface area (Å²) < 4.78 is 1.24. The van der Waals surface area contributed by atoms with Crippen molar-refractivity contribution in [3.05, 3.63) is 26.8 Å². The summed E-state index contributed by atoms with van der Waals surface area (Å²) in [5, 5.41) is 0.818. The first-order valence-corrected chi connectivity index (χ1v) is 6.14. The van der Waals surface area contributed by atoms with Gasteiger partial charge in [0.05, 0.1) is 5.69 Å². The minimum absolute atomic E-state index is 0.475. The average Bonchev–Trinajstić information content (AvgIpc) is 2.00. The van der Waals surface area contributed by atoms with E-state index in [-0.39, 0.29) is 0 Å². The molecule has 0 aliphatic carbocycles. The lowest BCUT2D eigenvalue weighted by Crippen LogP contribution is -2.53. The quantitative estimate of drug-likeness (QED) is 0.711. The Bertz CT molecular complexity index is 354. The maximum absolute atomic E-state index is 5.92. The summed E-state index contributed by atoms with van der Waals surface area (Å²) in [4.78, 5) is 2.40. The lowest BCUT2D eigenvalue weighted by Gasteiger charge is -2.47. The lowest BCUT2D eigenvalue weighted by atomic mass is 9.84. The van der Waals surface area contributed by atoms with Crippen molar-refractivity contribution >= 4 is 39.9 Å². The monoisotopic (exact) mass is 321 g/mol. The summed E-state index contributed by atoms with van der Waals surface area (Å²) in [6.45, 7) is 6.88. The SMILES string of the molecule is CC1(C)CN(c2ccc(Cl)cc2I)C1. The minimum atomic E-state index is 0.475. The van der Waals surface area contributed by atoms with Crippen molar-refractivity contribution in [1.29, 1.82) is 0 Å². The number of rotatable bonds is 1. The van der Waals surface area contributed by atoms with Gasteiger partial charge in [-0.2, -0.15) is 0 Å². The van der Waals surface area contributed by atoms with Crippen LogP contribution in [-0.2, 0) is 0 Å². The van der Waals surface area contributed by atoms with Gasteiger partial charge in [0.25, 0.3) is 0 Å². The van der Waals surface area contributed by atoms with Crippen molar-refractivity contribution in [1.82, 2.24) is 0 Å². The fourth-order valence-corrected chi connectivity index (χ4v) is 3.11. The first kappa shape index (κ1) is 10.6. The first-order chi connectivity index (χ1) is 6.48. The van der Waals surface area contributed by atoms with E-state index in [9.17, 15) is 0 Å². The highest BCUT2D eigenvalue weighted by Gasteiger charge is 2.34. The van der Waals surface area contributed by atoms with Gasteiger partial charge in [0, 0.05) is 21.7 Å². The fourth-order valence-electron chi connectivity index (χ4n) is 1.90. The second-order valence-electron chi connectivity index (χ2n) is 4.62. The molecule has 0 aromatic heterocycles. The third-order valence-corrected chi connectivity index (χ3v) is 3.59.